The molecule has 1 N–H and O–H groups in total. The van der Waals surface area contributed by atoms with Gasteiger partial charge in [0.25, 0.3) is 0 Å². The monoisotopic (exact) mass is 256 g/mol. The molecule has 2 rings (SSSR count). The van der Waals surface area contributed by atoms with Crippen LogP contribution in [0.4, 0.5) is 0 Å². The largest absolute Gasteiger partial charge is 0.489 e. The minimum absolute atomic E-state index is 0.519. The molecule has 0 saturated carbocycles. The maximum absolute atomic E-state index is 9.76. The van der Waals surface area contributed by atoms with Gasteiger partial charge in [0.1, 0.15) is 12.4 Å². The second kappa shape index (κ2) is 5.89. The summed E-state index contributed by atoms with van der Waals surface area (Å²) in [6.07, 6.45) is -0.520. The van der Waals surface area contributed by atoms with E-state index in [9.17, 15) is 5.11 Å². The summed E-state index contributed by atoms with van der Waals surface area (Å²) in [7, 11) is 0. The van der Waals surface area contributed by atoms with Crippen molar-refractivity contribution in [3.05, 3.63) is 64.7 Å². The van der Waals surface area contributed by atoms with Crippen LogP contribution in [0.3, 0.4) is 0 Å². The Morgan fingerprint density at radius 1 is 1.05 bits per heavy atom. The number of aryl methyl sites for hydroxylation is 2. The number of aliphatic hydroxyl groups is 1. The highest BCUT2D eigenvalue weighted by Crippen LogP contribution is 2.27. The Bertz CT molecular complexity index is 559. The molecular weight excluding hydrogens is 236 g/mol. The first-order valence-corrected chi connectivity index (χ1v) is 6.53. The standard InChI is InChI=1S/C17H20O2/c1-12-5-4-6-15(9-12)11-19-17-10-13(2)7-8-16(17)14(3)18/h4-10,14,18H,11H2,1-3H3. The first kappa shape index (κ1) is 13.6. The first-order chi connectivity index (χ1) is 9.06. The van der Waals surface area contributed by atoms with Crippen molar-refractivity contribution in [2.24, 2.45) is 0 Å². The van der Waals surface area contributed by atoms with E-state index in [1.165, 1.54) is 5.56 Å². The molecule has 1 unspecified atom stereocenters. The SMILES string of the molecule is Cc1cccc(COc2cc(C)ccc2C(C)O)c1. The fourth-order valence-corrected chi connectivity index (χ4v) is 2.07. The van der Waals surface area contributed by atoms with Crippen molar-refractivity contribution in [1.29, 1.82) is 0 Å². The van der Waals surface area contributed by atoms with Crippen molar-refractivity contribution in [1.82, 2.24) is 0 Å². The third kappa shape index (κ3) is 3.58. The second-order valence-corrected chi connectivity index (χ2v) is 4.99. The normalized spacial score (nSPS) is 12.2. The fraction of sp³-hybridized carbons (Fsp3) is 0.294. The average molecular weight is 256 g/mol. The van der Waals surface area contributed by atoms with Crippen molar-refractivity contribution in [2.45, 2.75) is 33.5 Å². The smallest absolute Gasteiger partial charge is 0.125 e. The second-order valence-electron chi connectivity index (χ2n) is 4.99. The summed E-state index contributed by atoms with van der Waals surface area (Å²) < 4.78 is 5.86. The fourth-order valence-electron chi connectivity index (χ4n) is 2.07. The Labute approximate surface area is 114 Å². The van der Waals surface area contributed by atoms with Crippen LogP contribution < -0.4 is 4.74 Å². The summed E-state index contributed by atoms with van der Waals surface area (Å²) in [6, 6.07) is 14.1. The van der Waals surface area contributed by atoms with Gasteiger partial charge in [0.15, 0.2) is 0 Å². The summed E-state index contributed by atoms with van der Waals surface area (Å²) in [6.45, 7) is 6.36. The van der Waals surface area contributed by atoms with E-state index in [0.29, 0.717) is 6.61 Å². The number of ether oxygens (including phenoxy) is 1. The topological polar surface area (TPSA) is 29.5 Å². The lowest BCUT2D eigenvalue weighted by molar-refractivity contribution is 0.190. The molecule has 100 valence electrons. The van der Waals surface area contributed by atoms with E-state index in [-0.39, 0.29) is 0 Å². The molecule has 0 aliphatic carbocycles. The van der Waals surface area contributed by atoms with Crippen LogP contribution in [0.1, 0.15) is 35.3 Å². The minimum Gasteiger partial charge on any atom is -0.489 e. The number of benzene rings is 2. The van der Waals surface area contributed by atoms with Crippen LogP contribution in [0.5, 0.6) is 5.75 Å². The predicted molar refractivity (Wildman–Crippen MR) is 77.3 cm³/mol. The summed E-state index contributed by atoms with van der Waals surface area (Å²) in [5.41, 5.74) is 4.32. The minimum atomic E-state index is -0.520. The Morgan fingerprint density at radius 3 is 2.47 bits per heavy atom. The molecule has 2 nitrogen and oxygen atoms in total. The zero-order chi connectivity index (χ0) is 13.8. The molecule has 0 bridgehead atoms. The van der Waals surface area contributed by atoms with Gasteiger partial charge in [0.2, 0.25) is 0 Å². The lowest BCUT2D eigenvalue weighted by Crippen LogP contribution is -2.01. The van der Waals surface area contributed by atoms with Crippen molar-refractivity contribution in [3.8, 4) is 5.75 Å². The molecule has 2 aromatic rings. The molecule has 0 aliphatic rings. The Morgan fingerprint density at radius 2 is 1.79 bits per heavy atom. The molecule has 2 aromatic carbocycles. The van der Waals surface area contributed by atoms with Crippen molar-refractivity contribution in [2.75, 3.05) is 0 Å². The molecule has 0 aliphatic heterocycles. The van der Waals surface area contributed by atoms with Gasteiger partial charge in [-0.15, -0.1) is 0 Å². The highest BCUT2D eigenvalue weighted by molar-refractivity contribution is 5.38. The van der Waals surface area contributed by atoms with Crippen molar-refractivity contribution in [3.63, 3.8) is 0 Å². The highest BCUT2D eigenvalue weighted by Gasteiger charge is 2.09. The Kier molecular flexibility index (Phi) is 4.23. The van der Waals surface area contributed by atoms with Crippen LogP contribution in [0.15, 0.2) is 42.5 Å². The van der Waals surface area contributed by atoms with Crippen LogP contribution in [-0.2, 0) is 6.61 Å². The quantitative estimate of drug-likeness (QED) is 0.898. The van der Waals surface area contributed by atoms with Crippen LogP contribution in [0, 0.1) is 13.8 Å². The van der Waals surface area contributed by atoms with Gasteiger partial charge < -0.3 is 9.84 Å². The molecular formula is C17H20O2. The molecule has 0 heterocycles. The van der Waals surface area contributed by atoms with Gasteiger partial charge in [-0.25, -0.2) is 0 Å². The number of aliphatic hydroxyl groups excluding tert-OH is 1. The Balaban J connectivity index is 2.17. The van der Waals surface area contributed by atoms with Gasteiger partial charge in [-0.1, -0.05) is 42.0 Å². The number of rotatable bonds is 4. The van der Waals surface area contributed by atoms with E-state index in [1.807, 2.05) is 37.3 Å². The predicted octanol–water partition coefficient (Wildman–Crippen LogP) is 3.94. The number of hydrogen-bond acceptors (Lipinski definition) is 2. The zero-order valence-electron chi connectivity index (χ0n) is 11.7. The van der Waals surface area contributed by atoms with E-state index in [0.717, 1.165) is 22.4 Å². The van der Waals surface area contributed by atoms with E-state index in [4.69, 9.17) is 4.74 Å². The lowest BCUT2D eigenvalue weighted by atomic mass is 10.1. The van der Waals surface area contributed by atoms with Crippen LogP contribution in [0.2, 0.25) is 0 Å². The van der Waals surface area contributed by atoms with Gasteiger partial charge in [0, 0.05) is 5.56 Å². The van der Waals surface area contributed by atoms with Gasteiger partial charge in [-0.05, 0) is 38.0 Å². The molecule has 0 radical (unpaired) electrons. The molecule has 2 heteroatoms. The molecule has 0 fully saturated rings. The van der Waals surface area contributed by atoms with Gasteiger partial charge >= 0.3 is 0 Å². The van der Waals surface area contributed by atoms with E-state index < -0.39 is 6.10 Å². The highest BCUT2D eigenvalue weighted by atomic mass is 16.5. The maximum atomic E-state index is 9.76. The Hall–Kier alpha value is -1.80. The first-order valence-electron chi connectivity index (χ1n) is 6.53. The van der Waals surface area contributed by atoms with E-state index in [1.54, 1.807) is 6.92 Å². The lowest BCUT2D eigenvalue weighted by Gasteiger charge is -2.14. The molecule has 0 spiro atoms. The third-order valence-electron chi connectivity index (χ3n) is 3.10. The van der Waals surface area contributed by atoms with Crippen molar-refractivity contribution < 1.29 is 9.84 Å². The molecule has 0 aromatic heterocycles. The van der Waals surface area contributed by atoms with Gasteiger partial charge in [0.05, 0.1) is 6.10 Å². The number of hydrogen-bond donors (Lipinski definition) is 1. The van der Waals surface area contributed by atoms with Crippen LogP contribution >= 0.6 is 0 Å². The van der Waals surface area contributed by atoms with E-state index in [2.05, 4.69) is 19.1 Å². The summed E-state index contributed by atoms with van der Waals surface area (Å²) in [5, 5.41) is 9.76. The molecule has 0 saturated heterocycles. The van der Waals surface area contributed by atoms with Crippen LogP contribution in [-0.4, -0.2) is 5.11 Å². The molecule has 0 amide bonds. The van der Waals surface area contributed by atoms with E-state index >= 15 is 0 Å². The van der Waals surface area contributed by atoms with Gasteiger partial charge in [-0.2, -0.15) is 0 Å². The average Bonchev–Trinajstić information content (AvgIpc) is 2.36. The zero-order valence-corrected chi connectivity index (χ0v) is 11.7. The van der Waals surface area contributed by atoms with Gasteiger partial charge in [-0.3, -0.25) is 0 Å². The summed E-state index contributed by atoms with van der Waals surface area (Å²) in [5.74, 6) is 0.761. The summed E-state index contributed by atoms with van der Waals surface area (Å²) in [4.78, 5) is 0. The molecule has 19 heavy (non-hydrogen) atoms. The van der Waals surface area contributed by atoms with Crippen LogP contribution in [0.25, 0.3) is 0 Å². The third-order valence-corrected chi connectivity index (χ3v) is 3.10. The molecule has 1 atom stereocenters. The maximum Gasteiger partial charge on any atom is 0.125 e. The van der Waals surface area contributed by atoms with Crippen molar-refractivity contribution >= 4 is 0 Å². The summed E-state index contributed by atoms with van der Waals surface area (Å²) >= 11 is 0.